The Morgan fingerprint density at radius 3 is 2.38 bits per heavy atom. The van der Waals surface area contributed by atoms with Gasteiger partial charge in [0, 0.05) is 24.8 Å². The Hall–Kier alpha value is -1.44. The van der Waals surface area contributed by atoms with Gasteiger partial charge in [-0.25, -0.2) is 0 Å². The van der Waals surface area contributed by atoms with Crippen molar-refractivity contribution in [2.45, 2.75) is 59.3 Å². The summed E-state index contributed by atoms with van der Waals surface area (Å²) in [4.78, 5) is 24.1. The fourth-order valence-corrected chi connectivity index (χ4v) is 3.97. The Labute approximate surface area is 127 Å². The number of carbonyl (C=O) groups excluding carboxylic acids is 2. The average molecular weight is 286 g/mol. The molecule has 0 N–H and O–H groups in total. The van der Waals surface area contributed by atoms with Crippen LogP contribution >= 0.6 is 0 Å². The maximum Gasteiger partial charge on any atom is 0.162 e. The van der Waals surface area contributed by atoms with Crippen LogP contribution in [0.4, 0.5) is 0 Å². The molecule has 21 heavy (non-hydrogen) atoms. The van der Waals surface area contributed by atoms with Gasteiger partial charge in [0.1, 0.15) is 5.78 Å². The second kappa shape index (κ2) is 6.13. The molecule has 0 bridgehead atoms. The van der Waals surface area contributed by atoms with Gasteiger partial charge in [-0.1, -0.05) is 51.1 Å². The summed E-state index contributed by atoms with van der Waals surface area (Å²) >= 11 is 0. The molecule has 0 amide bonds. The standard InChI is InChI=1S/C19H26O2/c1-18(2)12-16(20)13-19(3,14-18)11-7-10-17(21)15-8-5-4-6-9-15/h4-6,8-9H,7,10-14H2,1-3H3. The van der Waals surface area contributed by atoms with Crippen molar-refractivity contribution >= 4 is 11.6 Å². The van der Waals surface area contributed by atoms with Gasteiger partial charge in [0.15, 0.2) is 5.78 Å². The molecule has 1 aromatic carbocycles. The van der Waals surface area contributed by atoms with Gasteiger partial charge < -0.3 is 0 Å². The summed E-state index contributed by atoms with van der Waals surface area (Å²) in [6, 6.07) is 9.47. The van der Waals surface area contributed by atoms with Crippen molar-refractivity contribution < 1.29 is 9.59 Å². The van der Waals surface area contributed by atoms with Crippen molar-refractivity contribution in [3.8, 4) is 0 Å². The highest BCUT2D eigenvalue weighted by Crippen LogP contribution is 2.47. The van der Waals surface area contributed by atoms with Gasteiger partial charge in [0.2, 0.25) is 0 Å². The SMILES string of the molecule is CC1(C)CC(=O)CC(C)(CCCC(=O)c2ccccc2)C1. The van der Waals surface area contributed by atoms with E-state index in [-0.39, 0.29) is 16.6 Å². The number of Topliss-reactive ketones (excluding diaryl/α,β-unsaturated/α-hetero) is 2. The minimum Gasteiger partial charge on any atom is -0.300 e. The van der Waals surface area contributed by atoms with E-state index in [2.05, 4.69) is 20.8 Å². The molecule has 2 rings (SSSR count). The normalized spacial score (nSPS) is 24.8. The second-order valence-corrected chi connectivity index (χ2v) is 7.69. The molecule has 1 unspecified atom stereocenters. The molecule has 0 heterocycles. The van der Waals surface area contributed by atoms with Gasteiger partial charge in [-0.05, 0) is 30.1 Å². The molecule has 1 aliphatic rings. The molecule has 0 spiro atoms. The number of hydrogen-bond acceptors (Lipinski definition) is 2. The molecule has 0 radical (unpaired) electrons. The number of benzene rings is 1. The van der Waals surface area contributed by atoms with Crippen LogP contribution in [0.25, 0.3) is 0 Å². The molecular formula is C19H26O2. The Morgan fingerprint density at radius 2 is 1.76 bits per heavy atom. The first-order valence-electron chi connectivity index (χ1n) is 7.90. The largest absolute Gasteiger partial charge is 0.300 e. The second-order valence-electron chi connectivity index (χ2n) is 7.69. The number of hydrogen-bond donors (Lipinski definition) is 0. The Morgan fingerprint density at radius 1 is 1.10 bits per heavy atom. The number of carbonyl (C=O) groups is 2. The first-order chi connectivity index (χ1) is 9.80. The lowest BCUT2D eigenvalue weighted by molar-refractivity contribution is -0.127. The monoisotopic (exact) mass is 286 g/mol. The van der Waals surface area contributed by atoms with Crippen LogP contribution in [0.3, 0.4) is 0 Å². The molecular weight excluding hydrogens is 260 g/mol. The van der Waals surface area contributed by atoms with Crippen molar-refractivity contribution in [2.24, 2.45) is 10.8 Å². The predicted molar refractivity (Wildman–Crippen MR) is 85.4 cm³/mol. The molecule has 1 aromatic rings. The van der Waals surface area contributed by atoms with Crippen LogP contribution in [0.2, 0.25) is 0 Å². The fraction of sp³-hybridized carbons (Fsp3) is 0.579. The summed E-state index contributed by atoms with van der Waals surface area (Å²) in [7, 11) is 0. The molecule has 2 nitrogen and oxygen atoms in total. The Balaban J connectivity index is 1.88. The summed E-state index contributed by atoms with van der Waals surface area (Å²) in [5, 5.41) is 0. The lowest BCUT2D eigenvalue weighted by Gasteiger charge is -2.42. The highest BCUT2D eigenvalue weighted by molar-refractivity contribution is 5.95. The lowest BCUT2D eigenvalue weighted by Crippen LogP contribution is -2.36. The van der Waals surface area contributed by atoms with E-state index >= 15 is 0 Å². The average Bonchev–Trinajstić information content (AvgIpc) is 2.36. The van der Waals surface area contributed by atoms with Crippen LogP contribution in [-0.2, 0) is 4.79 Å². The topological polar surface area (TPSA) is 34.1 Å². The third-order valence-electron chi connectivity index (χ3n) is 4.48. The van der Waals surface area contributed by atoms with Crippen LogP contribution < -0.4 is 0 Å². The number of ketones is 2. The van der Waals surface area contributed by atoms with E-state index in [0.29, 0.717) is 25.0 Å². The molecule has 114 valence electrons. The Bertz CT molecular complexity index is 516. The molecule has 1 atom stereocenters. The highest BCUT2D eigenvalue weighted by atomic mass is 16.1. The zero-order valence-corrected chi connectivity index (χ0v) is 13.4. The van der Waals surface area contributed by atoms with Crippen molar-refractivity contribution in [2.75, 3.05) is 0 Å². The third-order valence-corrected chi connectivity index (χ3v) is 4.48. The van der Waals surface area contributed by atoms with Gasteiger partial charge in [-0.3, -0.25) is 9.59 Å². The summed E-state index contributed by atoms with van der Waals surface area (Å²) in [6.45, 7) is 6.56. The van der Waals surface area contributed by atoms with Gasteiger partial charge in [0.05, 0.1) is 0 Å². The van der Waals surface area contributed by atoms with Crippen LogP contribution in [0, 0.1) is 10.8 Å². The fourth-order valence-electron chi connectivity index (χ4n) is 3.97. The Kier molecular flexibility index (Phi) is 4.65. The van der Waals surface area contributed by atoms with Crippen LogP contribution in [0.5, 0.6) is 0 Å². The van der Waals surface area contributed by atoms with Crippen LogP contribution in [-0.4, -0.2) is 11.6 Å². The van der Waals surface area contributed by atoms with Crippen LogP contribution in [0.1, 0.15) is 69.7 Å². The maximum atomic E-state index is 12.1. The zero-order valence-electron chi connectivity index (χ0n) is 13.4. The summed E-state index contributed by atoms with van der Waals surface area (Å²) in [5.41, 5.74) is 0.964. The number of rotatable bonds is 5. The maximum absolute atomic E-state index is 12.1. The van der Waals surface area contributed by atoms with Gasteiger partial charge in [-0.15, -0.1) is 0 Å². The van der Waals surface area contributed by atoms with E-state index in [1.807, 2.05) is 30.3 Å². The summed E-state index contributed by atoms with van der Waals surface area (Å²) in [5.74, 6) is 0.587. The smallest absolute Gasteiger partial charge is 0.162 e. The molecule has 1 aliphatic carbocycles. The van der Waals surface area contributed by atoms with Gasteiger partial charge >= 0.3 is 0 Å². The van der Waals surface area contributed by atoms with Crippen molar-refractivity contribution in [3.63, 3.8) is 0 Å². The third kappa shape index (κ3) is 4.52. The van der Waals surface area contributed by atoms with Crippen molar-refractivity contribution in [3.05, 3.63) is 35.9 Å². The molecule has 0 aliphatic heterocycles. The molecule has 0 aromatic heterocycles. The van der Waals surface area contributed by atoms with E-state index in [9.17, 15) is 9.59 Å². The summed E-state index contributed by atoms with van der Waals surface area (Å²) in [6.07, 6.45) is 4.86. The first-order valence-corrected chi connectivity index (χ1v) is 7.90. The van der Waals surface area contributed by atoms with E-state index in [0.717, 1.165) is 24.8 Å². The van der Waals surface area contributed by atoms with Gasteiger partial charge in [0.25, 0.3) is 0 Å². The lowest BCUT2D eigenvalue weighted by atomic mass is 9.62. The highest BCUT2D eigenvalue weighted by Gasteiger charge is 2.40. The van der Waals surface area contributed by atoms with Gasteiger partial charge in [-0.2, -0.15) is 0 Å². The van der Waals surface area contributed by atoms with E-state index < -0.39 is 0 Å². The van der Waals surface area contributed by atoms with E-state index in [4.69, 9.17) is 0 Å². The van der Waals surface area contributed by atoms with E-state index in [1.165, 1.54) is 0 Å². The molecule has 0 saturated heterocycles. The first kappa shape index (κ1) is 15.9. The minimum atomic E-state index is 0.0653. The summed E-state index contributed by atoms with van der Waals surface area (Å²) < 4.78 is 0. The van der Waals surface area contributed by atoms with Crippen molar-refractivity contribution in [1.82, 2.24) is 0 Å². The van der Waals surface area contributed by atoms with E-state index in [1.54, 1.807) is 0 Å². The van der Waals surface area contributed by atoms with Crippen LogP contribution in [0.15, 0.2) is 30.3 Å². The molecule has 1 fully saturated rings. The minimum absolute atomic E-state index is 0.0653. The molecule has 1 saturated carbocycles. The van der Waals surface area contributed by atoms with Crippen molar-refractivity contribution in [1.29, 1.82) is 0 Å². The zero-order chi connectivity index (χ0) is 15.5. The predicted octanol–water partition coefficient (Wildman–Crippen LogP) is 4.83. The molecule has 2 heteroatoms. The quantitative estimate of drug-likeness (QED) is 0.727.